The van der Waals surface area contributed by atoms with Crippen LogP contribution in [0.15, 0.2) is 54.9 Å². The van der Waals surface area contributed by atoms with Gasteiger partial charge >= 0.3 is 0 Å². The number of aromatic nitrogens is 1. The average Bonchev–Trinajstić information content (AvgIpc) is 2.47. The molecule has 19 heavy (non-hydrogen) atoms. The molecular formula is C16H14N2O. The number of nitrogens with zero attached hydrogens (tertiary/aromatic N) is 1. The Morgan fingerprint density at radius 1 is 1.00 bits per heavy atom. The number of methoxy groups -OCH3 is 1. The Bertz CT molecular complexity index is 720. The van der Waals surface area contributed by atoms with Crippen molar-refractivity contribution in [2.24, 2.45) is 0 Å². The lowest BCUT2D eigenvalue weighted by Crippen LogP contribution is -1.91. The molecule has 0 fully saturated rings. The van der Waals surface area contributed by atoms with Gasteiger partial charge in [-0.15, -0.1) is 0 Å². The summed E-state index contributed by atoms with van der Waals surface area (Å²) in [6.07, 6.45) is 3.65. The molecule has 0 aliphatic carbocycles. The molecule has 0 unspecified atom stereocenters. The highest BCUT2D eigenvalue weighted by atomic mass is 16.5. The van der Waals surface area contributed by atoms with E-state index < -0.39 is 0 Å². The molecule has 0 radical (unpaired) electrons. The number of fused-ring (bicyclic) bond motifs is 1. The zero-order valence-corrected chi connectivity index (χ0v) is 10.6. The zero-order valence-electron chi connectivity index (χ0n) is 10.6. The van der Waals surface area contributed by atoms with Crippen molar-refractivity contribution in [3.8, 4) is 16.9 Å². The molecule has 2 aromatic carbocycles. The van der Waals surface area contributed by atoms with Crippen molar-refractivity contribution in [3.05, 3.63) is 54.9 Å². The molecule has 0 saturated heterocycles. The predicted octanol–water partition coefficient (Wildman–Crippen LogP) is 3.49. The van der Waals surface area contributed by atoms with E-state index in [0.717, 1.165) is 33.3 Å². The maximum atomic E-state index is 5.75. The van der Waals surface area contributed by atoms with E-state index in [1.54, 1.807) is 13.3 Å². The van der Waals surface area contributed by atoms with Crippen molar-refractivity contribution in [1.29, 1.82) is 0 Å². The maximum Gasteiger partial charge on any atom is 0.127 e. The van der Waals surface area contributed by atoms with Crippen LogP contribution in [0.2, 0.25) is 0 Å². The van der Waals surface area contributed by atoms with Crippen LogP contribution in [-0.2, 0) is 0 Å². The Morgan fingerprint density at radius 3 is 2.53 bits per heavy atom. The van der Waals surface area contributed by atoms with Crippen molar-refractivity contribution >= 4 is 16.5 Å². The Balaban J connectivity index is 2.33. The van der Waals surface area contributed by atoms with Gasteiger partial charge in [-0.05, 0) is 41.3 Å². The van der Waals surface area contributed by atoms with Crippen molar-refractivity contribution in [1.82, 2.24) is 4.98 Å². The number of nitrogen functional groups attached to an aromatic ring is 1. The third-order valence-electron chi connectivity index (χ3n) is 3.20. The zero-order chi connectivity index (χ0) is 13.2. The van der Waals surface area contributed by atoms with E-state index in [-0.39, 0.29) is 0 Å². The minimum atomic E-state index is 0.754. The summed E-state index contributed by atoms with van der Waals surface area (Å²) in [4.78, 5) is 4.16. The van der Waals surface area contributed by atoms with Crippen LogP contribution in [0.25, 0.3) is 21.9 Å². The van der Waals surface area contributed by atoms with E-state index >= 15 is 0 Å². The molecule has 0 saturated carbocycles. The number of anilines is 1. The van der Waals surface area contributed by atoms with Gasteiger partial charge in [0.25, 0.3) is 0 Å². The van der Waals surface area contributed by atoms with Gasteiger partial charge in [-0.3, -0.25) is 4.98 Å². The van der Waals surface area contributed by atoms with Gasteiger partial charge in [-0.2, -0.15) is 0 Å². The lowest BCUT2D eigenvalue weighted by Gasteiger charge is -2.12. The number of rotatable bonds is 2. The summed E-state index contributed by atoms with van der Waals surface area (Å²) in [5, 5.41) is 2.22. The highest BCUT2D eigenvalue weighted by Gasteiger charge is 2.10. The van der Waals surface area contributed by atoms with Crippen molar-refractivity contribution in [3.63, 3.8) is 0 Å². The van der Waals surface area contributed by atoms with Gasteiger partial charge in [-0.1, -0.05) is 12.1 Å². The molecule has 3 heteroatoms. The Kier molecular flexibility index (Phi) is 2.80. The molecule has 3 aromatic rings. The minimum absolute atomic E-state index is 0.754. The van der Waals surface area contributed by atoms with E-state index in [1.807, 2.05) is 48.7 Å². The van der Waals surface area contributed by atoms with Gasteiger partial charge < -0.3 is 10.5 Å². The molecule has 0 aliphatic rings. The normalized spacial score (nSPS) is 10.6. The Labute approximate surface area is 111 Å². The highest BCUT2D eigenvalue weighted by molar-refractivity contribution is 5.99. The first kappa shape index (κ1) is 11.5. The van der Waals surface area contributed by atoms with Crippen molar-refractivity contribution in [2.75, 3.05) is 12.8 Å². The molecule has 0 spiro atoms. The topological polar surface area (TPSA) is 48.1 Å². The van der Waals surface area contributed by atoms with Crippen LogP contribution in [0.1, 0.15) is 0 Å². The van der Waals surface area contributed by atoms with Crippen molar-refractivity contribution < 1.29 is 4.74 Å². The first-order valence-corrected chi connectivity index (χ1v) is 6.06. The quantitative estimate of drug-likeness (QED) is 0.708. The molecular weight excluding hydrogens is 236 g/mol. The highest BCUT2D eigenvalue weighted by Crippen LogP contribution is 2.36. The van der Waals surface area contributed by atoms with Crippen LogP contribution in [0.3, 0.4) is 0 Å². The molecule has 0 bridgehead atoms. The summed E-state index contributed by atoms with van der Waals surface area (Å²) < 4.78 is 5.49. The lowest BCUT2D eigenvalue weighted by molar-refractivity contribution is 0.417. The van der Waals surface area contributed by atoms with Gasteiger partial charge in [-0.25, -0.2) is 0 Å². The smallest absolute Gasteiger partial charge is 0.127 e. The van der Waals surface area contributed by atoms with Gasteiger partial charge in [0.15, 0.2) is 0 Å². The fourth-order valence-electron chi connectivity index (χ4n) is 2.27. The summed E-state index contributed by atoms with van der Waals surface area (Å²) in [5.41, 5.74) is 8.66. The number of nitrogens with two attached hydrogens (primary N) is 1. The third kappa shape index (κ3) is 1.99. The molecule has 0 atom stereocenters. The van der Waals surface area contributed by atoms with Gasteiger partial charge in [0.1, 0.15) is 5.75 Å². The second-order valence-electron chi connectivity index (χ2n) is 4.36. The summed E-state index contributed by atoms with van der Waals surface area (Å²) >= 11 is 0. The van der Waals surface area contributed by atoms with Crippen LogP contribution in [0.4, 0.5) is 5.69 Å². The fourth-order valence-corrected chi connectivity index (χ4v) is 2.27. The van der Waals surface area contributed by atoms with E-state index in [1.165, 1.54) is 0 Å². The lowest BCUT2D eigenvalue weighted by atomic mass is 9.98. The second kappa shape index (κ2) is 4.61. The van der Waals surface area contributed by atoms with Gasteiger partial charge in [0.05, 0.1) is 7.11 Å². The second-order valence-corrected chi connectivity index (χ2v) is 4.36. The molecule has 3 rings (SSSR count). The molecule has 0 amide bonds. The van der Waals surface area contributed by atoms with Crippen LogP contribution < -0.4 is 10.5 Å². The first-order valence-electron chi connectivity index (χ1n) is 6.06. The van der Waals surface area contributed by atoms with E-state index in [2.05, 4.69) is 4.98 Å². The minimum Gasteiger partial charge on any atom is -0.496 e. The van der Waals surface area contributed by atoms with Gasteiger partial charge in [0.2, 0.25) is 0 Å². The molecule has 2 N–H and O–H groups in total. The van der Waals surface area contributed by atoms with E-state index in [9.17, 15) is 0 Å². The van der Waals surface area contributed by atoms with Gasteiger partial charge in [0, 0.05) is 29.0 Å². The summed E-state index contributed by atoms with van der Waals surface area (Å²) in [5.74, 6) is 0.850. The molecule has 94 valence electrons. The van der Waals surface area contributed by atoms with E-state index in [4.69, 9.17) is 10.5 Å². The van der Waals surface area contributed by atoms with Crippen molar-refractivity contribution in [2.45, 2.75) is 0 Å². The summed E-state index contributed by atoms with van der Waals surface area (Å²) in [7, 11) is 1.68. The predicted molar refractivity (Wildman–Crippen MR) is 78.1 cm³/mol. The molecule has 3 nitrogen and oxygen atoms in total. The fraction of sp³-hybridized carbons (Fsp3) is 0.0625. The van der Waals surface area contributed by atoms with Crippen LogP contribution >= 0.6 is 0 Å². The number of pyridine rings is 1. The number of ether oxygens (including phenoxy) is 1. The molecule has 1 aromatic heterocycles. The number of benzene rings is 2. The SMILES string of the molecule is COc1ccc2cnccc2c1-c1ccc(N)cc1. The molecule has 0 aliphatic heterocycles. The Morgan fingerprint density at radius 2 is 1.79 bits per heavy atom. The average molecular weight is 250 g/mol. The largest absolute Gasteiger partial charge is 0.496 e. The number of hydrogen-bond acceptors (Lipinski definition) is 3. The molecule has 1 heterocycles. The third-order valence-corrected chi connectivity index (χ3v) is 3.20. The summed E-state index contributed by atoms with van der Waals surface area (Å²) in [6, 6.07) is 13.8. The van der Waals surface area contributed by atoms with Crippen LogP contribution in [0.5, 0.6) is 5.75 Å². The van der Waals surface area contributed by atoms with Crippen LogP contribution in [-0.4, -0.2) is 12.1 Å². The van der Waals surface area contributed by atoms with Crippen LogP contribution in [0, 0.1) is 0 Å². The first-order chi connectivity index (χ1) is 9.29. The monoisotopic (exact) mass is 250 g/mol. The maximum absolute atomic E-state index is 5.75. The number of hydrogen-bond donors (Lipinski definition) is 1. The standard InChI is InChI=1S/C16H14N2O/c1-19-15-7-4-12-10-18-9-8-14(12)16(15)11-2-5-13(17)6-3-11/h2-10H,17H2,1H3. The van der Waals surface area contributed by atoms with E-state index in [0.29, 0.717) is 0 Å². The Hall–Kier alpha value is -2.55. The summed E-state index contributed by atoms with van der Waals surface area (Å²) in [6.45, 7) is 0.